The first kappa shape index (κ1) is 16.3. The number of nitrogens with zero attached hydrogens (tertiary/aromatic N) is 2. The maximum absolute atomic E-state index is 12.7. The Balaban J connectivity index is 1.77. The van der Waals surface area contributed by atoms with E-state index in [1.807, 2.05) is 4.90 Å². The zero-order chi connectivity index (χ0) is 17.3. The highest BCUT2D eigenvalue weighted by Crippen LogP contribution is 2.26. The number of hydrogen-bond acceptors (Lipinski definition) is 5. The van der Waals surface area contributed by atoms with Gasteiger partial charge < -0.3 is 9.64 Å². The molecule has 1 amide bonds. The monoisotopic (exact) mass is 331 g/mol. The first-order chi connectivity index (χ1) is 11.3. The molecule has 0 radical (unpaired) electrons. The molecule has 0 spiro atoms. The van der Waals surface area contributed by atoms with Crippen molar-refractivity contribution in [1.82, 2.24) is 15.0 Å². The highest BCUT2D eigenvalue weighted by Gasteiger charge is 2.36. The predicted molar refractivity (Wildman–Crippen MR) is 87.6 cm³/mol. The van der Waals surface area contributed by atoms with Crippen LogP contribution in [0, 0.1) is 5.92 Å². The quantitative estimate of drug-likeness (QED) is 0.926. The van der Waals surface area contributed by atoms with Crippen molar-refractivity contribution in [3.63, 3.8) is 0 Å². The van der Waals surface area contributed by atoms with Gasteiger partial charge in [0.15, 0.2) is 11.4 Å². The Labute approximate surface area is 139 Å². The second-order valence-corrected chi connectivity index (χ2v) is 6.73. The predicted octanol–water partition coefficient (Wildman–Crippen LogP) is 2.06. The van der Waals surface area contributed by atoms with Crippen molar-refractivity contribution in [3.8, 4) is 17.1 Å². The first-order valence-electron chi connectivity index (χ1n) is 8.00. The second kappa shape index (κ2) is 6.14. The Morgan fingerprint density at radius 2 is 2.25 bits per heavy atom. The van der Waals surface area contributed by atoms with Crippen molar-refractivity contribution < 1.29 is 14.1 Å². The van der Waals surface area contributed by atoms with Crippen LogP contribution in [-0.4, -0.2) is 39.6 Å². The summed E-state index contributed by atoms with van der Waals surface area (Å²) in [5.41, 5.74) is -0.323. The van der Waals surface area contributed by atoms with Crippen molar-refractivity contribution in [3.05, 3.63) is 34.8 Å². The summed E-state index contributed by atoms with van der Waals surface area (Å²) in [6.07, 6.45) is 1.02. The molecule has 1 fully saturated rings. The molecule has 0 bridgehead atoms. The lowest BCUT2D eigenvalue weighted by Gasteiger charge is -2.30. The number of carbonyl (C=O) groups is 1. The SMILES string of the molecule is CC1CCN(C(=O)C(C)(C)Oc2cccc(-c3noc(=O)[nH]3)c2)C1. The fourth-order valence-electron chi connectivity index (χ4n) is 2.90. The molecule has 1 atom stereocenters. The molecule has 1 aliphatic heterocycles. The molecule has 1 N–H and O–H groups in total. The van der Waals surface area contributed by atoms with Crippen LogP contribution in [0.5, 0.6) is 5.75 Å². The number of ether oxygens (including phenoxy) is 1. The number of rotatable bonds is 4. The van der Waals surface area contributed by atoms with Gasteiger partial charge in [0.2, 0.25) is 0 Å². The molecule has 1 aromatic heterocycles. The maximum Gasteiger partial charge on any atom is 0.439 e. The fraction of sp³-hybridized carbons (Fsp3) is 0.471. The Bertz CT molecular complexity index is 793. The standard InChI is InChI=1S/C17H21N3O4/c1-11-7-8-20(10-11)15(21)17(2,3)23-13-6-4-5-12(9-13)14-18-16(22)24-19-14/h4-6,9,11H,7-8,10H2,1-3H3,(H,18,19,22). The van der Waals surface area contributed by atoms with E-state index in [4.69, 9.17) is 4.74 Å². The van der Waals surface area contributed by atoms with E-state index < -0.39 is 11.4 Å². The highest BCUT2D eigenvalue weighted by atomic mass is 16.5. The van der Waals surface area contributed by atoms with E-state index in [9.17, 15) is 9.59 Å². The molecule has 2 heterocycles. The first-order valence-corrected chi connectivity index (χ1v) is 8.00. The van der Waals surface area contributed by atoms with Gasteiger partial charge in [-0.25, -0.2) is 4.79 Å². The molecule has 1 unspecified atom stereocenters. The normalized spacial score (nSPS) is 18.0. The van der Waals surface area contributed by atoms with E-state index in [0.29, 0.717) is 23.1 Å². The minimum atomic E-state index is -0.972. The summed E-state index contributed by atoms with van der Waals surface area (Å²) < 4.78 is 10.5. The van der Waals surface area contributed by atoms with E-state index in [0.717, 1.165) is 19.5 Å². The van der Waals surface area contributed by atoms with Gasteiger partial charge in [0.1, 0.15) is 5.75 Å². The Morgan fingerprint density at radius 1 is 1.46 bits per heavy atom. The summed E-state index contributed by atoms with van der Waals surface area (Å²) in [4.78, 5) is 28.1. The van der Waals surface area contributed by atoms with Crippen LogP contribution < -0.4 is 10.5 Å². The minimum absolute atomic E-state index is 0.0212. The fourth-order valence-corrected chi connectivity index (χ4v) is 2.90. The average molecular weight is 331 g/mol. The summed E-state index contributed by atoms with van der Waals surface area (Å²) in [6.45, 7) is 7.22. The van der Waals surface area contributed by atoms with E-state index in [1.54, 1.807) is 38.1 Å². The van der Waals surface area contributed by atoms with E-state index >= 15 is 0 Å². The zero-order valence-electron chi connectivity index (χ0n) is 14.0. The lowest BCUT2D eigenvalue weighted by Crippen LogP contribution is -2.48. The van der Waals surface area contributed by atoms with Gasteiger partial charge in [-0.15, -0.1) is 0 Å². The van der Waals surface area contributed by atoms with E-state index in [1.165, 1.54) is 0 Å². The number of nitrogens with one attached hydrogen (secondary N) is 1. The number of aromatic amines is 1. The van der Waals surface area contributed by atoms with E-state index in [-0.39, 0.29) is 5.91 Å². The molecule has 2 aromatic rings. The molecular formula is C17H21N3O4. The Hall–Kier alpha value is -2.57. The Kier molecular flexibility index (Phi) is 4.17. The van der Waals surface area contributed by atoms with Gasteiger partial charge in [-0.2, -0.15) is 0 Å². The summed E-state index contributed by atoms with van der Waals surface area (Å²) in [5, 5.41) is 3.66. The van der Waals surface area contributed by atoms with Crippen molar-refractivity contribution in [2.45, 2.75) is 32.8 Å². The lowest BCUT2D eigenvalue weighted by atomic mass is 10.1. The molecule has 1 aromatic carbocycles. The molecule has 24 heavy (non-hydrogen) atoms. The summed E-state index contributed by atoms with van der Waals surface area (Å²) in [7, 11) is 0. The average Bonchev–Trinajstić information content (AvgIpc) is 3.15. The van der Waals surface area contributed by atoms with Crippen molar-refractivity contribution in [2.75, 3.05) is 13.1 Å². The Morgan fingerprint density at radius 3 is 2.88 bits per heavy atom. The molecule has 1 saturated heterocycles. The van der Waals surface area contributed by atoms with Crippen LogP contribution in [-0.2, 0) is 4.79 Å². The van der Waals surface area contributed by atoms with Crippen LogP contribution in [0.15, 0.2) is 33.6 Å². The van der Waals surface area contributed by atoms with Crippen molar-refractivity contribution in [1.29, 1.82) is 0 Å². The van der Waals surface area contributed by atoms with E-state index in [2.05, 4.69) is 21.6 Å². The third kappa shape index (κ3) is 3.34. The molecule has 3 rings (SSSR count). The topological polar surface area (TPSA) is 88.4 Å². The van der Waals surface area contributed by atoms with Crippen LogP contribution in [0.2, 0.25) is 0 Å². The smallest absolute Gasteiger partial charge is 0.439 e. The molecule has 7 nitrogen and oxygen atoms in total. The van der Waals surface area contributed by atoms with Gasteiger partial charge in [0.05, 0.1) is 0 Å². The number of amides is 1. The van der Waals surface area contributed by atoms with Gasteiger partial charge in [0, 0.05) is 18.7 Å². The largest absolute Gasteiger partial charge is 0.478 e. The summed E-state index contributed by atoms with van der Waals surface area (Å²) in [6, 6.07) is 7.03. The van der Waals surface area contributed by atoms with Gasteiger partial charge in [-0.05, 0) is 38.3 Å². The molecule has 0 saturated carbocycles. The van der Waals surface area contributed by atoms with Gasteiger partial charge in [0.25, 0.3) is 5.91 Å². The van der Waals surface area contributed by atoms with Gasteiger partial charge in [-0.1, -0.05) is 24.2 Å². The molecule has 128 valence electrons. The number of carbonyl (C=O) groups excluding carboxylic acids is 1. The maximum atomic E-state index is 12.7. The van der Waals surface area contributed by atoms with Crippen LogP contribution >= 0.6 is 0 Å². The summed E-state index contributed by atoms with van der Waals surface area (Å²) in [5.74, 6) is 0.740. The number of hydrogen-bond donors (Lipinski definition) is 1. The van der Waals surface area contributed by atoms with Crippen molar-refractivity contribution in [2.24, 2.45) is 5.92 Å². The van der Waals surface area contributed by atoms with Crippen LogP contribution in [0.3, 0.4) is 0 Å². The van der Waals surface area contributed by atoms with Gasteiger partial charge in [-0.3, -0.25) is 14.3 Å². The van der Waals surface area contributed by atoms with Crippen LogP contribution in [0.1, 0.15) is 27.2 Å². The van der Waals surface area contributed by atoms with Crippen LogP contribution in [0.25, 0.3) is 11.4 Å². The number of likely N-dealkylation sites (tertiary alicyclic amines) is 1. The number of aromatic nitrogens is 2. The lowest BCUT2D eigenvalue weighted by molar-refractivity contribution is -0.144. The van der Waals surface area contributed by atoms with Crippen LogP contribution in [0.4, 0.5) is 0 Å². The summed E-state index contributed by atoms with van der Waals surface area (Å²) >= 11 is 0. The molecule has 1 aliphatic rings. The third-order valence-corrected chi connectivity index (χ3v) is 4.15. The molecule has 0 aliphatic carbocycles. The minimum Gasteiger partial charge on any atom is -0.478 e. The highest BCUT2D eigenvalue weighted by molar-refractivity contribution is 5.85. The molecular weight excluding hydrogens is 310 g/mol. The molecule has 7 heteroatoms. The second-order valence-electron chi connectivity index (χ2n) is 6.73. The third-order valence-electron chi connectivity index (χ3n) is 4.15. The number of H-pyrrole nitrogens is 1. The van der Waals surface area contributed by atoms with Crippen molar-refractivity contribution >= 4 is 5.91 Å². The number of benzene rings is 1. The zero-order valence-corrected chi connectivity index (χ0v) is 14.0. The van der Waals surface area contributed by atoms with Gasteiger partial charge >= 0.3 is 5.76 Å².